The van der Waals surface area contributed by atoms with Crippen LogP contribution in [-0.2, 0) is 66.7 Å². The maximum Gasteiger partial charge on any atom is 0.342 e. The first-order chi connectivity index (χ1) is 28.9. The molecule has 7 rings (SSSR count). The van der Waals surface area contributed by atoms with Crippen molar-refractivity contribution in [3.8, 4) is 0 Å². The lowest BCUT2D eigenvalue weighted by Gasteiger charge is -2.74. The average Bonchev–Trinajstić information content (AvgIpc) is 3.98. The highest BCUT2D eigenvalue weighted by Crippen LogP contribution is 2.78. The molecule has 2 heterocycles. The van der Waals surface area contributed by atoms with Crippen LogP contribution in [0.25, 0.3) is 0 Å². The molecular formula is C45H53BrO16. The summed E-state index contributed by atoms with van der Waals surface area (Å²) in [7, 11) is 1.16. The van der Waals surface area contributed by atoms with Crippen molar-refractivity contribution in [2.45, 2.75) is 122 Å². The molecule has 0 amide bonds. The van der Waals surface area contributed by atoms with Gasteiger partial charge in [-0.3, -0.25) is 19.2 Å². The van der Waals surface area contributed by atoms with Crippen LogP contribution in [-0.4, -0.2) is 108 Å². The molecule has 0 radical (unpaired) electrons. The van der Waals surface area contributed by atoms with Gasteiger partial charge < -0.3 is 43.0 Å². The van der Waals surface area contributed by atoms with Crippen molar-refractivity contribution < 1.29 is 76.6 Å². The minimum absolute atomic E-state index is 0.140. The number of methoxy groups -OCH3 is 1. The van der Waals surface area contributed by atoms with E-state index in [4.69, 9.17) is 37.9 Å². The summed E-state index contributed by atoms with van der Waals surface area (Å²) in [5.41, 5.74) is -9.74. The Kier molecular flexibility index (Phi) is 11.2. The van der Waals surface area contributed by atoms with E-state index in [0.717, 1.165) is 21.0 Å². The molecule has 1 saturated heterocycles. The molecule has 1 N–H and O–H groups in total. The van der Waals surface area contributed by atoms with E-state index in [0.29, 0.717) is 10.0 Å². The van der Waals surface area contributed by atoms with E-state index in [1.165, 1.54) is 19.9 Å². The Hall–Kier alpha value is -4.61. The molecule has 15 atom stereocenters. The number of rotatable bonds is 8. The minimum Gasteiger partial charge on any atom is -0.467 e. The number of cyclic esters (lactones) is 1. The third-order valence-corrected chi connectivity index (χ3v) is 16.1. The summed E-state index contributed by atoms with van der Waals surface area (Å²) in [5.74, 6) is -8.61. The fourth-order valence-corrected chi connectivity index (χ4v) is 13.7. The number of hydrogen-bond donors (Lipinski definition) is 1. The zero-order valence-electron chi connectivity index (χ0n) is 36.1. The van der Waals surface area contributed by atoms with Crippen LogP contribution >= 0.6 is 15.9 Å². The first-order valence-corrected chi connectivity index (χ1v) is 21.4. The molecule has 2 aliphatic heterocycles. The largest absolute Gasteiger partial charge is 0.467 e. The van der Waals surface area contributed by atoms with Gasteiger partial charge in [0.25, 0.3) is 0 Å². The third-order valence-electron chi connectivity index (χ3n) is 15.4. The van der Waals surface area contributed by atoms with Crippen LogP contribution in [0.4, 0.5) is 0 Å². The molecule has 6 aliphatic rings. The third kappa shape index (κ3) is 6.14. The number of esters is 7. The van der Waals surface area contributed by atoms with E-state index in [1.807, 2.05) is 6.92 Å². The predicted octanol–water partition coefficient (Wildman–Crippen LogP) is 4.51. The van der Waals surface area contributed by atoms with Crippen LogP contribution in [0.2, 0.25) is 0 Å². The van der Waals surface area contributed by atoms with Crippen molar-refractivity contribution in [2.75, 3.05) is 13.7 Å². The lowest BCUT2D eigenvalue weighted by Crippen LogP contribution is -2.84. The molecule has 1 aromatic rings. The summed E-state index contributed by atoms with van der Waals surface area (Å²) >= 11 is 3.41. The fourth-order valence-electron chi connectivity index (χ4n) is 13.2. The second kappa shape index (κ2) is 15.3. The number of fused-ring (bicyclic) bond motifs is 9. The highest BCUT2D eigenvalue weighted by Gasteiger charge is 2.91. The Balaban J connectivity index is 1.52. The summed E-state index contributed by atoms with van der Waals surface area (Å²) < 4.78 is 49.3. The molecule has 1 unspecified atom stereocenters. The minimum atomic E-state index is -2.03. The molecule has 336 valence electrons. The summed E-state index contributed by atoms with van der Waals surface area (Å²) in [6, 6.07) is 6.60. The zero-order valence-corrected chi connectivity index (χ0v) is 37.7. The number of hydrogen-bond acceptors (Lipinski definition) is 16. The Morgan fingerprint density at radius 1 is 0.903 bits per heavy atom. The maximum absolute atomic E-state index is 14.0. The molecule has 5 fully saturated rings. The number of aliphatic hydroxyl groups is 1. The van der Waals surface area contributed by atoms with Crippen LogP contribution in [0, 0.1) is 39.4 Å². The van der Waals surface area contributed by atoms with E-state index in [2.05, 4.69) is 22.5 Å². The summed E-state index contributed by atoms with van der Waals surface area (Å²) in [5, 5.41) is 13.7. The van der Waals surface area contributed by atoms with Gasteiger partial charge in [-0.2, -0.15) is 0 Å². The van der Waals surface area contributed by atoms with Gasteiger partial charge >= 0.3 is 41.8 Å². The number of carbonyl (C=O) groups is 7. The van der Waals surface area contributed by atoms with Crippen molar-refractivity contribution in [1.82, 2.24) is 0 Å². The van der Waals surface area contributed by atoms with Crippen molar-refractivity contribution >= 4 is 57.7 Å². The van der Waals surface area contributed by atoms with E-state index >= 15 is 0 Å². The van der Waals surface area contributed by atoms with Crippen molar-refractivity contribution in [3.63, 3.8) is 0 Å². The van der Waals surface area contributed by atoms with Crippen molar-refractivity contribution in [3.05, 3.63) is 58.6 Å². The average molecular weight is 930 g/mol. The standard InChI is InChI=1S/C45H53BrO16/c1-21-19-44(54)30-17-18-40(7)29-15-16-31(51)56-20-43(29,22(2)57-38(52)27-13-11-12-14-28(27)46)35(59-24(4)48)32(58-23(3)47)33(40)41(30,8)36(60-25(5)49)37(61-26(6)50)42(44,9)45(34(21)62-45)39(53)55-10/h11-16,22,29-30,32-37,54H,1,17-20H2,2-10H3/t22?,29-,30+,32-,33-,34+,35-,36+,37-,40-,41-,42+,43+,44+,45-/m0/s1. The number of carbonyl (C=O) groups excluding carboxylic acids is 7. The van der Waals surface area contributed by atoms with Crippen molar-refractivity contribution in [2.24, 2.45) is 39.4 Å². The zero-order chi connectivity index (χ0) is 45.7. The Morgan fingerprint density at radius 2 is 1.50 bits per heavy atom. The van der Waals surface area contributed by atoms with Crippen LogP contribution in [0.5, 0.6) is 0 Å². The van der Waals surface area contributed by atoms with Gasteiger partial charge in [-0.05, 0) is 77.6 Å². The molecule has 62 heavy (non-hydrogen) atoms. The van der Waals surface area contributed by atoms with E-state index < -0.39 is 136 Å². The topological polar surface area (TPSA) is 217 Å². The van der Waals surface area contributed by atoms with Gasteiger partial charge in [0.1, 0.15) is 31.0 Å². The van der Waals surface area contributed by atoms with Gasteiger partial charge in [-0.1, -0.05) is 38.6 Å². The molecule has 0 bridgehead atoms. The van der Waals surface area contributed by atoms with Crippen LogP contribution < -0.4 is 0 Å². The first-order valence-electron chi connectivity index (χ1n) is 20.6. The summed E-state index contributed by atoms with van der Waals surface area (Å²) in [6.45, 7) is 15.1. The van der Waals surface area contributed by atoms with Crippen LogP contribution in [0.15, 0.2) is 53.0 Å². The Labute approximate surface area is 367 Å². The maximum atomic E-state index is 14.0. The fraction of sp³-hybridized carbons (Fsp3) is 0.622. The van der Waals surface area contributed by atoms with Gasteiger partial charge in [0.2, 0.25) is 5.60 Å². The summed E-state index contributed by atoms with van der Waals surface area (Å²) in [4.78, 5) is 95.2. The number of epoxide rings is 1. The van der Waals surface area contributed by atoms with Crippen LogP contribution in [0.3, 0.4) is 0 Å². The SMILES string of the molecule is C=C1C[C@@]2(O)[C@@H]3CC[C@@]4(C)[C@@H]5C=CC(=O)OC[C@]5(C(C)OC(=O)c5ccccc5Br)[C@@H](OC(C)=O)[C@@H](OC(C)=O)[C@@H]4[C@@]3(C)[C@H](OC(C)=O)[C@H](OC(C)=O)[C@@]2(C)[C@]2(C(=O)OC)O[C@H]12. The monoisotopic (exact) mass is 928 g/mol. The van der Waals surface area contributed by atoms with Gasteiger partial charge in [-0.15, -0.1) is 0 Å². The van der Waals surface area contributed by atoms with Gasteiger partial charge in [0.05, 0.1) is 29.1 Å². The number of benzene rings is 1. The highest BCUT2D eigenvalue weighted by atomic mass is 79.9. The van der Waals surface area contributed by atoms with E-state index in [9.17, 15) is 38.7 Å². The van der Waals surface area contributed by atoms with Crippen molar-refractivity contribution in [1.29, 1.82) is 0 Å². The lowest BCUT2D eigenvalue weighted by atomic mass is 9.31. The number of allylic oxidation sites excluding steroid dienone is 1. The van der Waals surface area contributed by atoms with Crippen LogP contribution in [0.1, 0.15) is 85.0 Å². The Bertz CT molecular complexity index is 2170. The molecule has 0 spiro atoms. The highest BCUT2D eigenvalue weighted by molar-refractivity contribution is 9.10. The quantitative estimate of drug-likeness (QED) is 0.164. The summed E-state index contributed by atoms with van der Waals surface area (Å²) in [6.07, 6.45) is -5.30. The number of ether oxygens (including phenoxy) is 8. The molecular weight excluding hydrogens is 876 g/mol. The Morgan fingerprint density at radius 3 is 2.10 bits per heavy atom. The molecule has 4 saturated carbocycles. The van der Waals surface area contributed by atoms with Gasteiger partial charge in [0.15, 0.2) is 12.2 Å². The second-order valence-corrected chi connectivity index (χ2v) is 19.2. The molecule has 16 nitrogen and oxygen atoms in total. The predicted molar refractivity (Wildman–Crippen MR) is 216 cm³/mol. The van der Waals surface area contributed by atoms with Gasteiger partial charge in [0, 0.05) is 56.0 Å². The smallest absolute Gasteiger partial charge is 0.342 e. The molecule has 0 aromatic heterocycles. The second-order valence-electron chi connectivity index (χ2n) is 18.4. The lowest BCUT2D eigenvalue weighted by molar-refractivity contribution is -0.356. The number of halogens is 1. The van der Waals surface area contributed by atoms with E-state index in [1.54, 1.807) is 51.1 Å². The van der Waals surface area contributed by atoms with Gasteiger partial charge in [-0.25, -0.2) is 14.4 Å². The molecule has 4 aliphatic carbocycles. The molecule has 1 aromatic carbocycles. The van der Waals surface area contributed by atoms with E-state index in [-0.39, 0.29) is 24.8 Å². The normalized spacial score (nSPS) is 41.7. The first kappa shape index (κ1) is 45.4. The molecule has 17 heteroatoms.